The molecule has 0 saturated heterocycles. The normalized spacial score (nSPS) is 13.9. The third-order valence-corrected chi connectivity index (χ3v) is 9.25. The predicted molar refractivity (Wildman–Crippen MR) is 169 cm³/mol. The smallest absolute Gasteiger partial charge is 0.135 e. The number of fused-ring (bicyclic) bond motifs is 12. The highest BCUT2D eigenvalue weighted by atomic mass is 16.3. The zero-order valence-electron chi connectivity index (χ0n) is 22.5. The number of furan rings is 1. The van der Waals surface area contributed by atoms with Crippen molar-refractivity contribution in [1.82, 2.24) is 0 Å². The molecule has 0 spiro atoms. The summed E-state index contributed by atoms with van der Waals surface area (Å²) in [4.78, 5) is 0. The molecule has 0 bridgehead atoms. The first-order chi connectivity index (χ1) is 19.6. The molecule has 9 rings (SSSR count). The van der Waals surface area contributed by atoms with E-state index in [9.17, 15) is 0 Å². The van der Waals surface area contributed by atoms with Gasteiger partial charge < -0.3 is 4.42 Å². The van der Waals surface area contributed by atoms with Gasteiger partial charge >= 0.3 is 0 Å². The van der Waals surface area contributed by atoms with Crippen molar-refractivity contribution in [2.24, 2.45) is 0 Å². The van der Waals surface area contributed by atoms with Crippen LogP contribution in [0.5, 0.6) is 0 Å². The van der Waals surface area contributed by atoms with E-state index < -0.39 is 0 Å². The van der Waals surface area contributed by atoms with Crippen molar-refractivity contribution >= 4 is 54.3 Å². The van der Waals surface area contributed by atoms with E-state index >= 15 is 0 Å². The lowest BCUT2D eigenvalue weighted by Gasteiger charge is -2.21. The molecule has 8 aromatic rings. The Kier molecular flexibility index (Phi) is 4.18. The quantitative estimate of drug-likeness (QED) is 0.200. The van der Waals surface area contributed by atoms with Crippen molar-refractivity contribution in [1.29, 1.82) is 0 Å². The van der Waals surface area contributed by atoms with Crippen molar-refractivity contribution in [3.8, 4) is 22.3 Å². The first kappa shape index (κ1) is 22.0. The zero-order chi connectivity index (χ0) is 26.6. The van der Waals surface area contributed by atoms with Crippen LogP contribution in [-0.4, -0.2) is 0 Å². The molecule has 1 aliphatic rings. The van der Waals surface area contributed by atoms with Gasteiger partial charge in [0.2, 0.25) is 0 Å². The molecular formula is C39H26O. The van der Waals surface area contributed by atoms with E-state index in [1.54, 1.807) is 0 Å². The summed E-state index contributed by atoms with van der Waals surface area (Å²) in [7, 11) is 0. The minimum Gasteiger partial charge on any atom is -0.456 e. The van der Waals surface area contributed by atoms with E-state index in [1.807, 2.05) is 0 Å². The Balaban J connectivity index is 1.28. The van der Waals surface area contributed by atoms with Crippen LogP contribution in [0.25, 0.3) is 76.5 Å². The second-order valence-corrected chi connectivity index (χ2v) is 11.7. The molecule has 0 N–H and O–H groups in total. The topological polar surface area (TPSA) is 13.1 Å². The van der Waals surface area contributed by atoms with Crippen LogP contribution >= 0.6 is 0 Å². The summed E-state index contributed by atoms with van der Waals surface area (Å²) in [5.74, 6) is 0. The summed E-state index contributed by atoms with van der Waals surface area (Å²) in [5.41, 5.74) is 9.67. The summed E-state index contributed by atoms with van der Waals surface area (Å²) in [6.07, 6.45) is 0. The van der Waals surface area contributed by atoms with Crippen LogP contribution in [0.2, 0.25) is 0 Å². The van der Waals surface area contributed by atoms with Crippen LogP contribution in [0.1, 0.15) is 25.0 Å². The maximum atomic E-state index is 6.44. The zero-order valence-corrected chi connectivity index (χ0v) is 22.5. The molecule has 40 heavy (non-hydrogen) atoms. The number of hydrogen-bond donors (Lipinski definition) is 0. The Morgan fingerprint density at radius 1 is 0.400 bits per heavy atom. The van der Waals surface area contributed by atoms with Crippen molar-refractivity contribution in [3.05, 3.63) is 132 Å². The van der Waals surface area contributed by atoms with Gasteiger partial charge in [-0.05, 0) is 96.0 Å². The molecule has 0 amide bonds. The SMILES string of the molecule is CC1(C)c2ccccc2-c2cc3c(cc21)oc1ccc(-c2ccc4c5ccccc5c5ccccc5c4c2)cc13. The molecular weight excluding hydrogens is 484 g/mol. The van der Waals surface area contributed by atoms with E-state index in [0.717, 1.165) is 11.2 Å². The van der Waals surface area contributed by atoms with E-state index in [0.29, 0.717) is 0 Å². The van der Waals surface area contributed by atoms with Gasteiger partial charge in [-0.15, -0.1) is 0 Å². The third-order valence-electron chi connectivity index (χ3n) is 9.25. The van der Waals surface area contributed by atoms with Gasteiger partial charge in [0.15, 0.2) is 0 Å². The standard InChI is InChI=1S/C39H26O/c1-39(2)35-14-8-7-13-30(35)32-21-34-33-20-24(16-18-37(33)40-38(34)22-36(32)39)23-15-17-29-27-11-4-3-9-25(27)26-10-5-6-12-28(26)31(29)19-23/h3-22H,1-2H3. The van der Waals surface area contributed by atoms with Gasteiger partial charge in [0, 0.05) is 16.2 Å². The van der Waals surface area contributed by atoms with E-state index in [2.05, 4.69) is 135 Å². The average molecular weight is 511 g/mol. The highest BCUT2D eigenvalue weighted by Crippen LogP contribution is 2.50. The van der Waals surface area contributed by atoms with Gasteiger partial charge in [-0.1, -0.05) is 105 Å². The fourth-order valence-electron chi connectivity index (χ4n) is 7.24. The Hall–Kier alpha value is -4.88. The molecule has 1 heterocycles. The molecule has 1 aliphatic carbocycles. The van der Waals surface area contributed by atoms with Crippen LogP contribution in [-0.2, 0) is 5.41 Å². The minimum atomic E-state index is -0.0394. The molecule has 0 aliphatic heterocycles. The Morgan fingerprint density at radius 2 is 0.950 bits per heavy atom. The van der Waals surface area contributed by atoms with Crippen molar-refractivity contribution < 1.29 is 4.42 Å². The van der Waals surface area contributed by atoms with Gasteiger partial charge in [-0.2, -0.15) is 0 Å². The molecule has 0 saturated carbocycles. The molecule has 188 valence electrons. The minimum absolute atomic E-state index is 0.0394. The largest absolute Gasteiger partial charge is 0.456 e. The maximum absolute atomic E-state index is 6.44. The molecule has 0 fully saturated rings. The number of hydrogen-bond acceptors (Lipinski definition) is 1. The van der Waals surface area contributed by atoms with E-state index in [-0.39, 0.29) is 5.41 Å². The van der Waals surface area contributed by atoms with E-state index in [4.69, 9.17) is 4.42 Å². The Labute approximate surface area is 232 Å². The molecule has 0 radical (unpaired) electrons. The summed E-state index contributed by atoms with van der Waals surface area (Å²) in [6, 6.07) is 44.5. The lowest BCUT2D eigenvalue weighted by atomic mass is 9.82. The molecule has 1 heteroatoms. The Bertz CT molecular complexity index is 2310. The first-order valence-corrected chi connectivity index (χ1v) is 14.0. The summed E-state index contributed by atoms with van der Waals surface area (Å²) in [6.45, 7) is 4.63. The van der Waals surface area contributed by atoms with Crippen LogP contribution < -0.4 is 0 Å². The maximum Gasteiger partial charge on any atom is 0.135 e. The van der Waals surface area contributed by atoms with Crippen molar-refractivity contribution in [2.45, 2.75) is 19.3 Å². The van der Waals surface area contributed by atoms with Crippen LogP contribution in [0, 0.1) is 0 Å². The molecule has 7 aromatic carbocycles. The average Bonchev–Trinajstić information content (AvgIpc) is 3.47. The summed E-state index contributed by atoms with van der Waals surface area (Å²) in [5, 5.41) is 10.1. The molecule has 0 atom stereocenters. The second-order valence-electron chi connectivity index (χ2n) is 11.7. The number of rotatable bonds is 1. The third kappa shape index (κ3) is 2.82. The second kappa shape index (κ2) is 7.61. The lowest BCUT2D eigenvalue weighted by molar-refractivity contribution is 0.647. The van der Waals surface area contributed by atoms with Gasteiger partial charge in [0.25, 0.3) is 0 Å². The number of benzene rings is 7. The predicted octanol–water partition coefficient (Wildman–Crippen LogP) is 11.0. The van der Waals surface area contributed by atoms with E-state index in [1.165, 1.54) is 76.5 Å². The van der Waals surface area contributed by atoms with Crippen LogP contribution in [0.3, 0.4) is 0 Å². The van der Waals surface area contributed by atoms with Crippen LogP contribution in [0.4, 0.5) is 0 Å². The van der Waals surface area contributed by atoms with Gasteiger partial charge in [0.05, 0.1) is 0 Å². The van der Waals surface area contributed by atoms with Gasteiger partial charge in [-0.25, -0.2) is 0 Å². The van der Waals surface area contributed by atoms with Gasteiger partial charge in [-0.3, -0.25) is 0 Å². The summed E-state index contributed by atoms with van der Waals surface area (Å²) < 4.78 is 6.44. The highest BCUT2D eigenvalue weighted by Gasteiger charge is 2.36. The van der Waals surface area contributed by atoms with Crippen molar-refractivity contribution in [3.63, 3.8) is 0 Å². The van der Waals surface area contributed by atoms with Gasteiger partial charge in [0.1, 0.15) is 11.2 Å². The Morgan fingerprint density at radius 3 is 1.68 bits per heavy atom. The van der Waals surface area contributed by atoms with Crippen molar-refractivity contribution in [2.75, 3.05) is 0 Å². The molecule has 0 unspecified atom stereocenters. The molecule has 1 aromatic heterocycles. The molecule has 1 nitrogen and oxygen atoms in total. The fourth-order valence-corrected chi connectivity index (χ4v) is 7.24. The summed E-state index contributed by atoms with van der Waals surface area (Å²) >= 11 is 0. The monoisotopic (exact) mass is 510 g/mol. The fraction of sp³-hybridized carbons (Fsp3) is 0.0769. The highest BCUT2D eigenvalue weighted by molar-refractivity contribution is 6.25. The van der Waals surface area contributed by atoms with Crippen LogP contribution in [0.15, 0.2) is 126 Å². The first-order valence-electron chi connectivity index (χ1n) is 14.0. The lowest BCUT2D eigenvalue weighted by Crippen LogP contribution is -2.14.